The molecule has 0 spiro atoms. The molecule has 2 aromatic rings. The summed E-state index contributed by atoms with van der Waals surface area (Å²) in [5.41, 5.74) is 3.48. The van der Waals surface area contributed by atoms with Gasteiger partial charge in [-0.1, -0.05) is 0 Å². The summed E-state index contributed by atoms with van der Waals surface area (Å²) in [5, 5.41) is 0. The molecule has 0 radical (unpaired) electrons. The van der Waals surface area contributed by atoms with Crippen LogP contribution in [0.25, 0.3) is 0 Å². The zero-order valence-electron chi connectivity index (χ0n) is 14.1. The van der Waals surface area contributed by atoms with Gasteiger partial charge in [-0.15, -0.1) is 0 Å². The summed E-state index contributed by atoms with van der Waals surface area (Å²) in [4.78, 5) is 0.188. The van der Waals surface area contributed by atoms with Crippen LogP contribution in [0.3, 0.4) is 0 Å². The molecule has 24 heavy (non-hydrogen) atoms. The highest BCUT2D eigenvalue weighted by Crippen LogP contribution is 2.32. The molecule has 0 saturated carbocycles. The Labute approximate surface area is 142 Å². The predicted molar refractivity (Wildman–Crippen MR) is 91.2 cm³/mol. The highest BCUT2D eigenvalue weighted by atomic mass is 32.2. The summed E-state index contributed by atoms with van der Waals surface area (Å²) in [6.45, 7) is 5.33. The highest BCUT2D eigenvalue weighted by Gasteiger charge is 2.19. The van der Waals surface area contributed by atoms with E-state index in [4.69, 9.17) is 9.47 Å². The average Bonchev–Trinajstić information content (AvgIpc) is 2.81. The maximum absolute atomic E-state index is 12.5. The van der Waals surface area contributed by atoms with Gasteiger partial charge in [-0.2, -0.15) is 0 Å². The smallest absolute Gasteiger partial charge is 0.240 e. The Bertz CT molecular complexity index is 856. The van der Waals surface area contributed by atoms with Crippen molar-refractivity contribution in [1.82, 2.24) is 9.29 Å². The SMILES string of the molecule is Cc1cc(CCNS(=O)(=O)c2ccc3c(c2)OCCO3)c(C)n1C. The van der Waals surface area contributed by atoms with Crippen LogP contribution in [0.1, 0.15) is 17.0 Å². The van der Waals surface area contributed by atoms with E-state index in [-0.39, 0.29) is 4.90 Å². The zero-order valence-corrected chi connectivity index (χ0v) is 14.9. The van der Waals surface area contributed by atoms with Crippen molar-refractivity contribution in [2.24, 2.45) is 7.05 Å². The lowest BCUT2D eigenvalue weighted by Crippen LogP contribution is -2.26. The monoisotopic (exact) mass is 350 g/mol. The quantitative estimate of drug-likeness (QED) is 0.895. The Morgan fingerprint density at radius 1 is 1.12 bits per heavy atom. The molecule has 3 rings (SSSR count). The molecule has 7 heteroatoms. The first-order valence-corrected chi connectivity index (χ1v) is 9.38. The number of aryl methyl sites for hydroxylation is 1. The lowest BCUT2D eigenvalue weighted by atomic mass is 10.2. The second kappa shape index (κ2) is 6.49. The number of hydrogen-bond donors (Lipinski definition) is 1. The second-order valence-corrected chi connectivity index (χ2v) is 7.68. The minimum atomic E-state index is -3.57. The van der Waals surface area contributed by atoms with Gasteiger partial charge < -0.3 is 14.0 Å². The fourth-order valence-electron chi connectivity index (χ4n) is 2.78. The Hall–Kier alpha value is -1.99. The van der Waals surface area contributed by atoms with Crippen LogP contribution < -0.4 is 14.2 Å². The molecule has 0 bridgehead atoms. The standard InChI is InChI=1S/C17H22N2O4S/c1-12-10-14(13(2)19(12)3)6-7-18-24(20,21)15-4-5-16-17(11-15)23-9-8-22-16/h4-5,10-11,18H,6-9H2,1-3H3. The maximum atomic E-state index is 12.5. The van der Waals surface area contributed by atoms with Crippen molar-refractivity contribution in [1.29, 1.82) is 0 Å². The van der Waals surface area contributed by atoms with Crippen molar-refractivity contribution in [3.05, 3.63) is 41.2 Å². The molecule has 2 heterocycles. The summed E-state index contributed by atoms with van der Waals surface area (Å²) in [6, 6.07) is 6.77. The summed E-state index contributed by atoms with van der Waals surface area (Å²) < 4.78 is 40.5. The summed E-state index contributed by atoms with van der Waals surface area (Å²) in [6.07, 6.45) is 0.650. The maximum Gasteiger partial charge on any atom is 0.240 e. The van der Waals surface area contributed by atoms with E-state index in [2.05, 4.69) is 15.4 Å². The molecule has 1 aliphatic heterocycles. The van der Waals surface area contributed by atoms with E-state index < -0.39 is 10.0 Å². The van der Waals surface area contributed by atoms with Gasteiger partial charge in [0.05, 0.1) is 4.90 Å². The first-order chi connectivity index (χ1) is 11.4. The van der Waals surface area contributed by atoms with Crippen LogP contribution in [0.5, 0.6) is 11.5 Å². The summed E-state index contributed by atoms with van der Waals surface area (Å²) in [5.74, 6) is 1.05. The third kappa shape index (κ3) is 3.27. The third-order valence-electron chi connectivity index (χ3n) is 4.39. The third-order valence-corrected chi connectivity index (χ3v) is 5.85. The van der Waals surface area contributed by atoms with Crippen molar-refractivity contribution in [2.75, 3.05) is 19.8 Å². The number of ether oxygens (including phenoxy) is 2. The van der Waals surface area contributed by atoms with Gasteiger partial charge >= 0.3 is 0 Å². The molecule has 0 saturated heterocycles. The van der Waals surface area contributed by atoms with Gasteiger partial charge in [0.2, 0.25) is 10.0 Å². The van der Waals surface area contributed by atoms with Crippen molar-refractivity contribution < 1.29 is 17.9 Å². The molecule has 1 aromatic heterocycles. The van der Waals surface area contributed by atoms with E-state index in [0.717, 1.165) is 17.0 Å². The highest BCUT2D eigenvalue weighted by molar-refractivity contribution is 7.89. The molecule has 0 unspecified atom stereocenters. The van der Waals surface area contributed by atoms with Crippen LogP contribution in [0.15, 0.2) is 29.2 Å². The van der Waals surface area contributed by atoms with Crippen LogP contribution in [0.4, 0.5) is 0 Å². The van der Waals surface area contributed by atoms with Crippen LogP contribution in [-0.4, -0.2) is 32.7 Å². The summed E-state index contributed by atoms with van der Waals surface area (Å²) in [7, 11) is -1.56. The molecule has 0 amide bonds. The molecule has 1 aliphatic rings. The zero-order chi connectivity index (χ0) is 17.3. The Kier molecular flexibility index (Phi) is 4.56. The van der Waals surface area contributed by atoms with E-state index in [1.54, 1.807) is 6.07 Å². The Balaban J connectivity index is 1.69. The van der Waals surface area contributed by atoms with Crippen molar-refractivity contribution in [3.63, 3.8) is 0 Å². The number of fused-ring (bicyclic) bond motifs is 1. The van der Waals surface area contributed by atoms with E-state index in [1.807, 2.05) is 20.9 Å². The Morgan fingerprint density at radius 2 is 1.83 bits per heavy atom. The first kappa shape index (κ1) is 16.9. The molecule has 6 nitrogen and oxygen atoms in total. The average molecular weight is 350 g/mol. The van der Waals surface area contributed by atoms with Crippen molar-refractivity contribution in [2.45, 2.75) is 25.2 Å². The predicted octanol–water partition coefficient (Wildman–Crippen LogP) is 1.93. The summed E-state index contributed by atoms with van der Waals surface area (Å²) >= 11 is 0. The van der Waals surface area contributed by atoms with Gasteiger partial charge in [-0.25, -0.2) is 13.1 Å². The van der Waals surface area contributed by atoms with E-state index in [9.17, 15) is 8.42 Å². The normalized spacial score (nSPS) is 14.0. The van der Waals surface area contributed by atoms with Gasteiger partial charge in [0.25, 0.3) is 0 Å². The van der Waals surface area contributed by atoms with Crippen molar-refractivity contribution >= 4 is 10.0 Å². The van der Waals surface area contributed by atoms with Crippen molar-refractivity contribution in [3.8, 4) is 11.5 Å². The number of nitrogens with one attached hydrogen (secondary N) is 1. The number of hydrogen-bond acceptors (Lipinski definition) is 4. The fourth-order valence-corrected chi connectivity index (χ4v) is 3.83. The minimum Gasteiger partial charge on any atom is -0.486 e. The number of rotatable bonds is 5. The van der Waals surface area contributed by atoms with E-state index >= 15 is 0 Å². The number of aromatic nitrogens is 1. The van der Waals surface area contributed by atoms with Crippen LogP contribution in [0.2, 0.25) is 0 Å². The largest absolute Gasteiger partial charge is 0.486 e. The molecular weight excluding hydrogens is 328 g/mol. The lowest BCUT2D eigenvalue weighted by molar-refractivity contribution is 0.171. The van der Waals surface area contributed by atoms with Gasteiger partial charge in [0.15, 0.2) is 11.5 Å². The van der Waals surface area contributed by atoms with E-state index in [1.165, 1.54) is 12.1 Å². The van der Waals surface area contributed by atoms with Gasteiger partial charge in [-0.3, -0.25) is 0 Å². The number of sulfonamides is 1. The topological polar surface area (TPSA) is 69.6 Å². The van der Waals surface area contributed by atoms with Gasteiger partial charge in [-0.05, 0) is 44.0 Å². The first-order valence-electron chi connectivity index (χ1n) is 7.89. The van der Waals surface area contributed by atoms with Gasteiger partial charge in [0.1, 0.15) is 13.2 Å². The van der Waals surface area contributed by atoms with Crippen LogP contribution in [0, 0.1) is 13.8 Å². The lowest BCUT2D eigenvalue weighted by Gasteiger charge is -2.18. The van der Waals surface area contributed by atoms with E-state index in [0.29, 0.717) is 37.7 Å². The fraction of sp³-hybridized carbons (Fsp3) is 0.412. The molecular formula is C17H22N2O4S. The van der Waals surface area contributed by atoms with Gasteiger partial charge in [0, 0.05) is 31.0 Å². The van der Waals surface area contributed by atoms with Crippen LogP contribution >= 0.6 is 0 Å². The second-order valence-electron chi connectivity index (χ2n) is 5.91. The molecule has 130 valence electrons. The molecule has 0 fully saturated rings. The Morgan fingerprint density at radius 3 is 2.50 bits per heavy atom. The molecule has 1 aromatic carbocycles. The molecule has 0 atom stereocenters. The molecule has 1 N–H and O–H groups in total. The minimum absolute atomic E-state index is 0.188. The van der Waals surface area contributed by atoms with Crippen LogP contribution in [-0.2, 0) is 23.5 Å². The number of nitrogens with zero attached hydrogens (tertiary/aromatic N) is 1. The number of benzene rings is 1. The molecule has 0 aliphatic carbocycles.